The van der Waals surface area contributed by atoms with Gasteiger partial charge < -0.3 is 15.2 Å². The summed E-state index contributed by atoms with van der Waals surface area (Å²) in [5.41, 5.74) is 0.129. The van der Waals surface area contributed by atoms with E-state index < -0.39 is 10.5 Å². The second-order valence-corrected chi connectivity index (χ2v) is 5.84. The Bertz CT molecular complexity index is 489. The molecular weight excluding hydrogens is 328 g/mol. The maximum absolute atomic E-state index is 10.8. The lowest BCUT2D eigenvalue weighted by Gasteiger charge is -2.32. The van der Waals surface area contributed by atoms with Crippen molar-refractivity contribution in [2.24, 2.45) is 0 Å². The van der Waals surface area contributed by atoms with Crippen molar-refractivity contribution in [1.82, 2.24) is 5.32 Å². The molecule has 0 atom stereocenters. The van der Waals surface area contributed by atoms with Gasteiger partial charge in [0.25, 0.3) is 5.69 Å². The molecule has 0 radical (unpaired) electrons. The van der Waals surface area contributed by atoms with Gasteiger partial charge in [-0.3, -0.25) is 10.1 Å². The second-order valence-electron chi connectivity index (χ2n) is 4.98. The number of hydrogen-bond acceptors (Lipinski definition) is 5. The van der Waals surface area contributed by atoms with Crippen molar-refractivity contribution < 1.29 is 14.8 Å². The van der Waals surface area contributed by atoms with E-state index >= 15 is 0 Å². The van der Waals surface area contributed by atoms with Crippen molar-refractivity contribution in [2.75, 3.05) is 19.8 Å². The number of aliphatic hydroxyl groups is 1. The van der Waals surface area contributed by atoms with Gasteiger partial charge in [0, 0.05) is 45.2 Å². The van der Waals surface area contributed by atoms with E-state index in [1.165, 1.54) is 6.07 Å². The molecule has 0 spiro atoms. The number of nitrogens with one attached hydrogen (secondary N) is 1. The number of nitro groups is 1. The Kier molecular flexibility index (Phi) is 5.09. The fourth-order valence-electron chi connectivity index (χ4n) is 2.18. The summed E-state index contributed by atoms with van der Waals surface area (Å²) >= 11 is 3.15. The SMILES string of the molecule is O=[N+]([O-])c1cc(CNCC2(O)CCOCC2)ccc1Br. The lowest BCUT2D eigenvalue weighted by molar-refractivity contribution is -0.385. The van der Waals surface area contributed by atoms with E-state index in [0.717, 1.165) is 5.56 Å². The third-order valence-electron chi connectivity index (χ3n) is 3.41. The maximum Gasteiger partial charge on any atom is 0.283 e. The number of nitro benzene ring substituents is 1. The van der Waals surface area contributed by atoms with E-state index in [0.29, 0.717) is 43.6 Å². The highest BCUT2D eigenvalue weighted by atomic mass is 79.9. The van der Waals surface area contributed by atoms with Crippen LogP contribution in [0.5, 0.6) is 0 Å². The standard InChI is InChI=1S/C13H17BrN2O4/c14-11-2-1-10(7-12(11)16(18)19)8-15-9-13(17)3-5-20-6-4-13/h1-2,7,15,17H,3-6,8-9H2. The molecule has 0 amide bonds. The summed E-state index contributed by atoms with van der Waals surface area (Å²) in [5, 5.41) is 24.3. The van der Waals surface area contributed by atoms with Gasteiger partial charge in [-0.15, -0.1) is 0 Å². The molecule has 1 aromatic carbocycles. The molecule has 1 heterocycles. The number of hydrogen-bond donors (Lipinski definition) is 2. The summed E-state index contributed by atoms with van der Waals surface area (Å²) in [6.07, 6.45) is 1.22. The van der Waals surface area contributed by atoms with E-state index in [4.69, 9.17) is 4.74 Å². The van der Waals surface area contributed by atoms with Crippen LogP contribution in [0.4, 0.5) is 5.69 Å². The summed E-state index contributed by atoms with van der Waals surface area (Å²) in [5.74, 6) is 0. The zero-order valence-electron chi connectivity index (χ0n) is 11.0. The van der Waals surface area contributed by atoms with E-state index in [-0.39, 0.29) is 5.69 Å². The lowest BCUT2D eigenvalue weighted by atomic mass is 9.94. The first-order chi connectivity index (χ1) is 9.50. The Morgan fingerprint density at radius 2 is 2.15 bits per heavy atom. The van der Waals surface area contributed by atoms with Crippen LogP contribution in [0.25, 0.3) is 0 Å². The molecule has 0 aromatic heterocycles. The summed E-state index contributed by atoms with van der Waals surface area (Å²) in [6, 6.07) is 5.02. The van der Waals surface area contributed by atoms with Crippen LogP contribution in [-0.2, 0) is 11.3 Å². The van der Waals surface area contributed by atoms with E-state index in [2.05, 4.69) is 21.2 Å². The van der Waals surface area contributed by atoms with Gasteiger partial charge in [-0.1, -0.05) is 6.07 Å². The molecule has 0 aliphatic carbocycles. The quantitative estimate of drug-likeness (QED) is 0.630. The minimum atomic E-state index is -0.737. The van der Waals surface area contributed by atoms with Gasteiger partial charge in [0.05, 0.1) is 15.0 Å². The maximum atomic E-state index is 10.8. The van der Waals surface area contributed by atoms with Gasteiger partial charge in [0.2, 0.25) is 0 Å². The van der Waals surface area contributed by atoms with E-state index in [1.807, 2.05) is 6.07 Å². The number of ether oxygens (including phenoxy) is 1. The monoisotopic (exact) mass is 344 g/mol. The van der Waals surface area contributed by atoms with Crippen molar-refractivity contribution in [3.05, 3.63) is 38.3 Å². The van der Waals surface area contributed by atoms with Crippen LogP contribution in [0.2, 0.25) is 0 Å². The molecule has 6 nitrogen and oxygen atoms in total. The molecular formula is C13H17BrN2O4. The normalized spacial score (nSPS) is 17.9. The minimum Gasteiger partial charge on any atom is -0.388 e. The number of rotatable bonds is 5. The van der Waals surface area contributed by atoms with Crippen LogP contribution in [0.1, 0.15) is 18.4 Å². The molecule has 1 aliphatic heterocycles. The molecule has 7 heteroatoms. The van der Waals surface area contributed by atoms with Gasteiger partial charge in [-0.25, -0.2) is 0 Å². The van der Waals surface area contributed by atoms with Crippen molar-refractivity contribution in [3.63, 3.8) is 0 Å². The topological polar surface area (TPSA) is 84.6 Å². The molecule has 0 saturated carbocycles. The zero-order chi connectivity index (χ0) is 14.6. The van der Waals surface area contributed by atoms with Crippen LogP contribution >= 0.6 is 15.9 Å². The highest BCUT2D eigenvalue weighted by Gasteiger charge is 2.29. The largest absolute Gasteiger partial charge is 0.388 e. The smallest absolute Gasteiger partial charge is 0.283 e. The molecule has 1 aliphatic rings. The molecule has 1 aromatic rings. The van der Waals surface area contributed by atoms with Crippen molar-refractivity contribution in [3.8, 4) is 0 Å². The molecule has 0 unspecified atom stereocenters. The first-order valence-corrected chi connectivity index (χ1v) is 7.23. The predicted molar refractivity (Wildman–Crippen MR) is 77.5 cm³/mol. The fraction of sp³-hybridized carbons (Fsp3) is 0.538. The number of halogens is 1. The molecule has 20 heavy (non-hydrogen) atoms. The Morgan fingerprint density at radius 3 is 2.80 bits per heavy atom. The first kappa shape index (κ1) is 15.4. The third-order valence-corrected chi connectivity index (χ3v) is 4.08. The minimum absolute atomic E-state index is 0.0501. The first-order valence-electron chi connectivity index (χ1n) is 6.44. The average Bonchev–Trinajstić information content (AvgIpc) is 2.41. The van der Waals surface area contributed by atoms with Gasteiger partial charge in [0.1, 0.15) is 0 Å². The molecule has 1 saturated heterocycles. The molecule has 2 rings (SSSR count). The summed E-state index contributed by atoms with van der Waals surface area (Å²) in [6.45, 7) is 2.08. The summed E-state index contributed by atoms with van der Waals surface area (Å²) in [4.78, 5) is 10.4. The van der Waals surface area contributed by atoms with Gasteiger partial charge in [-0.2, -0.15) is 0 Å². The van der Waals surface area contributed by atoms with Crippen LogP contribution in [0, 0.1) is 10.1 Å². The second kappa shape index (κ2) is 6.62. The zero-order valence-corrected chi connectivity index (χ0v) is 12.6. The third kappa shape index (κ3) is 3.99. The van der Waals surface area contributed by atoms with Crippen LogP contribution < -0.4 is 5.32 Å². The average molecular weight is 345 g/mol. The van der Waals surface area contributed by atoms with Crippen molar-refractivity contribution in [1.29, 1.82) is 0 Å². The van der Waals surface area contributed by atoms with Crippen LogP contribution in [-0.4, -0.2) is 35.4 Å². The highest BCUT2D eigenvalue weighted by Crippen LogP contribution is 2.25. The van der Waals surface area contributed by atoms with Gasteiger partial charge in [-0.05, 0) is 27.6 Å². The summed E-state index contributed by atoms with van der Waals surface area (Å²) < 4.78 is 5.68. The Hall–Kier alpha value is -1.02. The number of nitrogens with zero attached hydrogens (tertiary/aromatic N) is 1. The van der Waals surface area contributed by atoms with Crippen LogP contribution in [0.15, 0.2) is 22.7 Å². The Labute approximate surface area is 125 Å². The number of benzene rings is 1. The predicted octanol–water partition coefficient (Wildman–Crippen LogP) is 1.99. The van der Waals surface area contributed by atoms with Gasteiger partial charge in [0.15, 0.2) is 0 Å². The van der Waals surface area contributed by atoms with Crippen molar-refractivity contribution >= 4 is 21.6 Å². The molecule has 0 bridgehead atoms. The van der Waals surface area contributed by atoms with Crippen LogP contribution in [0.3, 0.4) is 0 Å². The molecule has 110 valence electrons. The highest BCUT2D eigenvalue weighted by molar-refractivity contribution is 9.10. The molecule has 1 fully saturated rings. The Morgan fingerprint density at radius 1 is 1.45 bits per heavy atom. The van der Waals surface area contributed by atoms with E-state index in [1.54, 1.807) is 6.07 Å². The summed E-state index contributed by atoms with van der Waals surface area (Å²) in [7, 11) is 0. The van der Waals surface area contributed by atoms with E-state index in [9.17, 15) is 15.2 Å². The van der Waals surface area contributed by atoms with Crippen molar-refractivity contribution in [2.45, 2.75) is 25.0 Å². The lowest BCUT2D eigenvalue weighted by Crippen LogP contribution is -2.44. The van der Waals surface area contributed by atoms with Gasteiger partial charge >= 0.3 is 0 Å². The Balaban J connectivity index is 1.91. The molecule has 2 N–H and O–H groups in total. The fourth-order valence-corrected chi connectivity index (χ4v) is 2.57.